The molecule has 1 amide bonds. The number of nitrogens with one attached hydrogen (secondary N) is 2. The van der Waals surface area contributed by atoms with Crippen molar-refractivity contribution in [2.24, 2.45) is 0 Å². The molecule has 1 fully saturated rings. The second-order valence-electron chi connectivity index (χ2n) is 4.95. The molecule has 0 saturated carbocycles. The lowest BCUT2D eigenvalue weighted by molar-refractivity contribution is -0.818. The van der Waals surface area contributed by atoms with Crippen LogP contribution in [0.15, 0.2) is 11.9 Å². The summed E-state index contributed by atoms with van der Waals surface area (Å²) in [5, 5.41) is 4.86. The highest BCUT2D eigenvalue weighted by atomic mass is 16.2. The van der Waals surface area contributed by atoms with E-state index in [1.54, 1.807) is 0 Å². The van der Waals surface area contributed by atoms with Gasteiger partial charge in [0.1, 0.15) is 5.70 Å². The third-order valence-corrected chi connectivity index (χ3v) is 3.25. The van der Waals surface area contributed by atoms with Gasteiger partial charge in [0.2, 0.25) is 5.91 Å². The van der Waals surface area contributed by atoms with Crippen molar-refractivity contribution in [2.45, 2.75) is 0 Å². The Labute approximate surface area is 108 Å². The molecule has 0 aromatic rings. The number of amides is 1. The topological polar surface area (TPSA) is 67.5 Å². The minimum atomic E-state index is 0.0943. The fourth-order valence-electron chi connectivity index (χ4n) is 2.06. The number of carbonyl (C=O) groups excluding carboxylic acids is 1. The lowest BCUT2D eigenvalue weighted by Crippen LogP contribution is -2.96. The number of nitrogens with two attached hydrogens (primary N) is 1. The second-order valence-corrected chi connectivity index (χ2v) is 4.95. The molecule has 0 radical (unpaired) electrons. The van der Waals surface area contributed by atoms with E-state index in [2.05, 4.69) is 27.6 Å². The molecule has 0 aromatic heterocycles. The number of likely N-dealkylation sites (N-methyl/N-ethyl adjacent to an activating group) is 1. The van der Waals surface area contributed by atoms with Gasteiger partial charge in [-0.25, -0.2) is 10.4 Å². The van der Waals surface area contributed by atoms with Crippen molar-refractivity contribution in [3.8, 4) is 0 Å². The van der Waals surface area contributed by atoms with E-state index in [-0.39, 0.29) is 5.91 Å². The third-order valence-electron chi connectivity index (χ3n) is 3.25. The largest absolute Gasteiger partial charge is 0.349 e. The van der Waals surface area contributed by atoms with E-state index >= 15 is 0 Å². The zero-order chi connectivity index (χ0) is 13.0. The van der Waals surface area contributed by atoms with Gasteiger partial charge in [-0.2, -0.15) is 0 Å². The van der Waals surface area contributed by atoms with Crippen LogP contribution in [0, 0.1) is 0 Å². The Bertz CT molecular complexity index is 323. The number of piperazine rings is 1. The zero-order valence-corrected chi connectivity index (χ0v) is 11.1. The summed E-state index contributed by atoms with van der Waals surface area (Å²) >= 11 is 0. The molecule has 0 aromatic carbocycles. The minimum Gasteiger partial charge on any atom is -0.349 e. The molecule has 7 nitrogen and oxygen atoms in total. The molecule has 7 heteroatoms. The number of hydrogen-bond donors (Lipinski definition) is 3. The molecule has 2 aliphatic rings. The zero-order valence-electron chi connectivity index (χ0n) is 11.1. The minimum absolute atomic E-state index is 0.0943. The standard InChI is InChI=1S/C11H22N6O/c1-15-3-5-17(6-4-15)9-11(18)12-7-10-8-16(2)14-13-10/h8,13-14H,3-7,9H2,1-2H3,(H,12,18)/p+1. The molecule has 18 heavy (non-hydrogen) atoms. The van der Waals surface area contributed by atoms with Crippen LogP contribution in [-0.2, 0) is 4.79 Å². The molecular weight excluding hydrogens is 232 g/mol. The summed E-state index contributed by atoms with van der Waals surface area (Å²) in [4.78, 5) is 16.3. The van der Waals surface area contributed by atoms with E-state index in [0.717, 1.165) is 31.9 Å². The second kappa shape index (κ2) is 6.03. The van der Waals surface area contributed by atoms with Gasteiger partial charge >= 0.3 is 0 Å². The summed E-state index contributed by atoms with van der Waals surface area (Å²) in [6.07, 6.45) is 1.97. The van der Waals surface area contributed by atoms with Gasteiger partial charge in [0.05, 0.1) is 26.3 Å². The first-order valence-corrected chi connectivity index (χ1v) is 6.33. The van der Waals surface area contributed by atoms with Gasteiger partial charge in [-0.1, -0.05) is 0 Å². The van der Waals surface area contributed by atoms with Crippen LogP contribution >= 0.6 is 0 Å². The predicted octanol–water partition coefficient (Wildman–Crippen LogP) is -2.88. The van der Waals surface area contributed by atoms with Crippen LogP contribution in [0.4, 0.5) is 0 Å². The van der Waals surface area contributed by atoms with Gasteiger partial charge in [-0.15, -0.1) is 5.53 Å². The number of rotatable bonds is 4. The first-order chi connectivity index (χ1) is 8.63. The maximum absolute atomic E-state index is 11.8. The van der Waals surface area contributed by atoms with Crippen molar-refractivity contribution < 1.29 is 10.3 Å². The number of quaternary nitrogens is 1. The van der Waals surface area contributed by atoms with Crippen molar-refractivity contribution in [2.75, 3.05) is 53.4 Å². The maximum Gasteiger partial charge on any atom is 0.234 e. The van der Waals surface area contributed by atoms with Crippen LogP contribution in [0.2, 0.25) is 0 Å². The lowest BCUT2D eigenvalue weighted by atomic mass is 10.3. The van der Waals surface area contributed by atoms with E-state index in [1.807, 2.05) is 23.8 Å². The van der Waals surface area contributed by atoms with E-state index in [9.17, 15) is 4.79 Å². The summed E-state index contributed by atoms with van der Waals surface area (Å²) in [6, 6.07) is 0. The van der Waals surface area contributed by atoms with Gasteiger partial charge in [0.25, 0.3) is 0 Å². The fraction of sp³-hybridized carbons (Fsp3) is 0.727. The van der Waals surface area contributed by atoms with Crippen molar-refractivity contribution >= 4 is 5.91 Å². The Morgan fingerprint density at radius 3 is 2.72 bits per heavy atom. The van der Waals surface area contributed by atoms with Crippen LogP contribution in [-0.4, -0.2) is 74.1 Å². The molecule has 0 bridgehead atoms. The van der Waals surface area contributed by atoms with Crippen LogP contribution in [0.25, 0.3) is 0 Å². The summed E-state index contributed by atoms with van der Waals surface area (Å²) in [6.45, 7) is 5.09. The molecular formula is C11H23N6O+. The molecule has 102 valence electrons. The average molecular weight is 255 g/mol. The van der Waals surface area contributed by atoms with Crippen molar-refractivity contribution in [3.63, 3.8) is 0 Å². The van der Waals surface area contributed by atoms with Crippen LogP contribution < -0.4 is 16.3 Å². The monoisotopic (exact) mass is 255 g/mol. The van der Waals surface area contributed by atoms with Crippen molar-refractivity contribution in [1.82, 2.24) is 25.6 Å². The van der Waals surface area contributed by atoms with E-state index < -0.39 is 0 Å². The van der Waals surface area contributed by atoms with Crippen molar-refractivity contribution in [1.29, 1.82) is 0 Å². The summed E-state index contributed by atoms with van der Waals surface area (Å²) < 4.78 is 0. The first kappa shape index (κ1) is 13.1. The molecule has 4 N–H and O–H groups in total. The Morgan fingerprint density at radius 1 is 1.39 bits per heavy atom. The highest BCUT2D eigenvalue weighted by Crippen LogP contribution is 1.98. The molecule has 2 aliphatic heterocycles. The molecule has 0 unspecified atom stereocenters. The fourth-order valence-corrected chi connectivity index (χ4v) is 2.06. The first-order valence-electron chi connectivity index (χ1n) is 6.33. The van der Waals surface area contributed by atoms with Gasteiger partial charge in [-0.3, -0.25) is 9.69 Å². The van der Waals surface area contributed by atoms with Gasteiger partial charge in [-0.05, 0) is 7.05 Å². The molecule has 0 spiro atoms. The van der Waals surface area contributed by atoms with Gasteiger partial charge in [0, 0.05) is 26.2 Å². The smallest absolute Gasteiger partial charge is 0.234 e. The molecule has 0 aliphatic carbocycles. The SMILES string of the molecule is CN1CCN(CC(=O)NCC2=CN(C)[NH2+]N2)CC1. The maximum atomic E-state index is 11.8. The predicted molar refractivity (Wildman–Crippen MR) is 67.9 cm³/mol. The highest BCUT2D eigenvalue weighted by Gasteiger charge is 2.17. The number of hydrogen-bond acceptors (Lipinski definition) is 5. The van der Waals surface area contributed by atoms with E-state index in [0.29, 0.717) is 13.1 Å². The van der Waals surface area contributed by atoms with Crippen LogP contribution in [0.5, 0.6) is 0 Å². The third kappa shape index (κ3) is 3.86. The van der Waals surface area contributed by atoms with Gasteiger partial charge < -0.3 is 10.2 Å². The van der Waals surface area contributed by atoms with Crippen LogP contribution in [0.3, 0.4) is 0 Å². The molecule has 1 saturated heterocycles. The average Bonchev–Trinajstić information content (AvgIpc) is 2.76. The lowest BCUT2D eigenvalue weighted by Gasteiger charge is -2.31. The Hall–Kier alpha value is -1.31. The Morgan fingerprint density at radius 2 is 2.11 bits per heavy atom. The summed E-state index contributed by atoms with van der Waals surface area (Å²) in [7, 11) is 4.06. The molecule has 2 heterocycles. The molecule has 2 rings (SSSR count). The normalized spacial score (nSPS) is 21.7. The Kier molecular flexibility index (Phi) is 4.40. The van der Waals surface area contributed by atoms with E-state index in [1.165, 1.54) is 0 Å². The van der Waals surface area contributed by atoms with Gasteiger partial charge in [0.15, 0.2) is 0 Å². The number of carbonyl (C=O) groups is 1. The summed E-state index contributed by atoms with van der Waals surface area (Å²) in [5.41, 5.74) is 5.98. The quantitative estimate of drug-likeness (QED) is 0.471. The highest BCUT2D eigenvalue weighted by molar-refractivity contribution is 5.78. The summed E-state index contributed by atoms with van der Waals surface area (Å²) in [5.74, 6) is 0.0943. The van der Waals surface area contributed by atoms with Crippen molar-refractivity contribution in [3.05, 3.63) is 11.9 Å². The van der Waals surface area contributed by atoms with Crippen LogP contribution in [0.1, 0.15) is 0 Å². The van der Waals surface area contributed by atoms with E-state index in [4.69, 9.17) is 0 Å². The Balaban J connectivity index is 1.65. The number of nitrogens with zero attached hydrogens (tertiary/aromatic N) is 3. The molecule has 0 atom stereocenters.